The van der Waals surface area contributed by atoms with Gasteiger partial charge in [-0.1, -0.05) is 67.9 Å². The Morgan fingerprint density at radius 1 is 1.07 bits per heavy atom. The summed E-state index contributed by atoms with van der Waals surface area (Å²) in [5.74, 6) is -0.362. The van der Waals surface area contributed by atoms with E-state index in [1.807, 2.05) is 58.2 Å². The fourth-order valence-corrected chi connectivity index (χ4v) is 6.28. The maximum atomic E-state index is 14.1. The molecular weight excluding hydrogens is 554 g/mol. The molecule has 224 valence electrons. The molecule has 1 saturated carbocycles. The summed E-state index contributed by atoms with van der Waals surface area (Å²) in [6.07, 6.45) is 4.31. The molecule has 2 fully saturated rings. The van der Waals surface area contributed by atoms with E-state index in [0.29, 0.717) is 11.5 Å². The molecule has 0 spiro atoms. The molecule has 2 aromatic carbocycles. The molecule has 0 bridgehead atoms. The van der Waals surface area contributed by atoms with Crippen molar-refractivity contribution in [1.29, 1.82) is 0 Å². The second-order valence-corrected chi connectivity index (χ2v) is 14.8. The zero-order valence-corrected chi connectivity index (χ0v) is 25.5. The highest BCUT2D eigenvalue weighted by Gasteiger charge is 2.46. The molecule has 42 heavy (non-hydrogen) atoms. The van der Waals surface area contributed by atoms with Gasteiger partial charge < -0.3 is 15.3 Å². The van der Waals surface area contributed by atoms with Crippen LogP contribution < -0.4 is 5.32 Å². The van der Waals surface area contributed by atoms with Crippen LogP contribution in [0.3, 0.4) is 0 Å². The number of aliphatic hydroxyl groups excluding tert-OH is 1. The highest BCUT2D eigenvalue weighted by Crippen LogP contribution is 2.40. The molecule has 11 heteroatoms. The van der Waals surface area contributed by atoms with Crippen molar-refractivity contribution in [3.05, 3.63) is 77.1 Å². The highest BCUT2D eigenvalue weighted by atomic mass is 32.2. The number of hydrogen-bond donors (Lipinski definition) is 2. The average Bonchev–Trinajstić information content (AvgIpc) is 3.53. The van der Waals surface area contributed by atoms with Crippen molar-refractivity contribution in [2.75, 3.05) is 12.8 Å². The number of nitrogens with one attached hydrogen (secondary N) is 1. The lowest BCUT2D eigenvalue weighted by atomic mass is 9.85. The number of sulfone groups is 1. The van der Waals surface area contributed by atoms with Crippen molar-refractivity contribution in [3.8, 4) is 0 Å². The Hall–Kier alpha value is -3.57. The van der Waals surface area contributed by atoms with Gasteiger partial charge in [-0.15, -0.1) is 5.10 Å². The van der Waals surface area contributed by atoms with Gasteiger partial charge in [0.25, 0.3) is 0 Å². The van der Waals surface area contributed by atoms with Crippen molar-refractivity contribution in [2.24, 2.45) is 5.41 Å². The maximum Gasteiger partial charge on any atom is 0.248 e. The summed E-state index contributed by atoms with van der Waals surface area (Å²) in [6.45, 7) is 7.80. The van der Waals surface area contributed by atoms with Crippen LogP contribution in [0.15, 0.2) is 59.6 Å². The number of aromatic nitrogens is 3. The minimum atomic E-state index is -3.48. The van der Waals surface area contributed by atoms with E-state index in [-0.39, 0.29) is 23.8 Å². The Bertz CT molecular complexity index is 1570. The van der Waals surface area contributed by atoms with Crippen molar-refractivity contribution in [2.45, 2.75) is 82.0 Å². The largest absolute Gasteiger partial charge is 0.391 e. The third-order valence-electron chi connectivity index (χ3n) is 8.02. The SMILES string of the molecule is Cc1ccc(C(NC(=O)C2CC(O)CN2C(=O)[C@@H](n2cc(C3CC3)nn2)C(C)(C)C)c2cccc(S(C)(=O)=O)c2)cc1. The number of amides is 2. The number of carbonyl (C=O) groups excluding carboxylic acids is 2. The summed E-state index contributed by atoms with van der Waals surface area (Å²) in [7, 11) is -3.48. The monoisotopic (exact) mass is 593 g/mol. The molecule has 2 heterocycles. The first-order valence-corrected chi connectivity index (χ1v) is 16.2. The van der Waals surface area contributed by atoms with Crippen LogP contribution in [0.25, 0.3) is 0 Å². The van der Waals surface area contributed by atoms with Gasteiger partial charge in [0.2, 0.25) is 11.8 Å². The second-order valence-electron chi connectivity index (χ2n) is 12.8. The van der Waals surface area contributed by atoms with Gasteiger partial charge in [0.15, 0.2) is 9.84 Å². The van der Waals surface area contributed by atoms with Crippen molar-refractivity contribution in [1.82, 2.24) is 25.2 Å². The third-order valence-corrected chi connectivity index (χ3v) is 9.13. The Morgan fingerprint density at radius 2 is 1.76 bits per heavy atom. The molecule has 1 aromatic heterocycles. The standard InChI is InChI=1S/C31H39N5O5S/c1-19-9-11-21(12-10-19)27(22-7-6-8-24(15-22)42(5,40)41)32-29(38)26-16-23(37)17-35(26)30(39)28(31(2,3)4)36-18-25(33-34-36)20-13-14-20/h6-12,15,18,20,23,26-28,37H,13-14,16-17H2,1-5H3,(H,32,38)/t23?,26?,27?,28-/m1/s1. The zero-order chi connectivity index (χ0) is 30.4. The van der Waals surface area contributed by atoms with Crippen LogP contribution in [0.2, 0.25) is 0 Å². The van der Waals surface area contributed by atoms with E-state index in [1.165, 1.54) is 11.0 Å². The molecule has 1 aliphatic heterocycles. The molecule has 3 aromatic rings. The molecule has 2 amide bonds. The lowest BCUT2D eigenvalue weighted by Gasteiger charge is -2.35. The van der Waals surface area contributed by atoms with E-state index in [4.69, 9.17) is 0 Å². The Balaban J connectivity index is 1.45. The van der Waals surface area contributed by atoms with Gasteiger partial charge in [-0.05, 0) is 48.4 Å². The Morgan fingerprint density at radius 3 is 2.38 bits per heavy atom. The van der Waals surface area contributed by atoms with Gasteiger partial charge in [-0.2, -0.15) is 0 Å². The van der Waals surface area contributed by atoms with Crippen LogP contribution >= 0.6 is 0 Å². The van der Waals surface area contributed by atoms with Gasteiger partial charge in [-0.25, -0.2) is 13.1 Å². The first kappa shape index (κ1) is 29.9. The minimum absolute atomic E-state index is 0.0203. The summed E-state index contributed by atoms with van der Waals surface area (Å²) >= 11 is 0. The molecule has 2 aliphatic rings. The first-order valence-electron chi connectivity index (χ1n) is 14.3. The minimum Gasteiger partial charge on any atom is -0.391 e. The maximum absolute atomic E-state index is 14.1. The van der Waals surface area contributed by atoms with E-state index < -0.39 is 45.4 Å². The number of benzene rings is 2. The lowest BCUT2D eigenvalue weighted by Crippen LogP contribution is -2.51. The fraction of sp³-hybridized carbons (Fsp3) is 0.484. The van der Waals surface area contributed by atoms with Crippen LogP contribution in [0.5, 0.6) is 0 Å². The van der Waals surface area contributed by atoms with Gasteiger partial charge in [-0.3, -0.25) is 9.59 Å². The topological polar surface area (TPSA) is 134 Å². The van der Waals surface area contributed by atoms with Crippen molar-refractivity contribution < 1.29 is 23.1 Å². The number of aryl methyl sites for hydroxylation is 1. The van der Waals surface area contributed by atoms with Crippen LogP contribution in [-0.2, 0) is 19.4 Å². The summed E-state index contributed by atoms with van der Waals surface area (Å²) in [5, 5.41) is 22.3. The van der Waals surface area contributed by atoms with E-state index >= 15 is 0 Å². The van der Waals surface area contributed by atoms with E-state index in [0.717, 1.165) is 35.9 Å². The third kappa shape index (κ3) is 6.42. The number of hydrogen-bond acceptors (Lipinski definition) is 7. The number of β-amino-alcohol motifs (C(OH)–C–C–N with tert-alkyl or cyclic N) is 1. The fourth-order valence-electron chi connectivity index (χ4n) is 5.61. The van der Waals surface area contributed by atoms with Crippen LogP contribution in [0, 0.1) is 12.3 Å². The van der Waals surface area contributed by atoms with Crippen LogP contribution in [0.4, 0.5) is 0 Å². The summed E-state index contributed by atoms with van der Waals surface area (Å²) in [5.41, 5.74) is 2.71. The predicted molar refractivity (Wildman–Crippen MR) is 157 cm³/mol. The van der Waals surface area contributed by atoms with Crippen LogP contribution in [-0.4, -0.2) is 70.2 Å². The van der Waals surface area contributed by atoms with Gasteiger partial charge >= 0.3 is 0 Å². The molecule has 1 aliphatic carbocycles. The lowest BCUT2D eigenvalue weighted by molar-refractivity contribution is -0.144. The number of aliphatic hydroxyl groups is 1. The summed E-state index contributed by atoms with van der Waals surface area (Å²) in [6, 6.07) is 11.8. The Kier molecular flexibility index (Phi) is 8.02. The number of rotatable bonds is 8. The molecule has 5 rings (SSSR count). The molecule has 0 radical (unpaired) electrons. The predicted octanol–water partition coefficient (Wildman–Crippen LogP) is 3.32. The van der Waals surface area contributed by atoms with Gasteiger partial charge in [0, 0.05) is 31.3 Å². The smallest absolute Gasteiger partial charge is 0.248 e. The summed E-state index contributed by atoms with van der Waals surface area (Å²) in [4.78, 5) is 29.7. The van der Waals surface area contributed by atoms with Crippen LogP contribution in [0.1, 0.15) is 80.4 Å². The normalized spacial score (nSPS) is 20.8. The molecule has 1 saturated heterocycles. The molecule has 3 unspecified atom stereocenters. The number of carbonyl (C=O) groups is 2. The molecule has 2 N–H and O–H groups in total. The van der Waals surface area contributed by atoms with E-state index in [9.17, 15) is 23.1 Å². The van der Waals surface area contributed by atoms with E-state index in [1.54, 1.807) is 22.9 Å². The Labute approximate surface area is 247 Å². The zero-order valence-electron chi connectivity index (χ0n) is 24.7. The van der Waals surface area contributed by atoms with E-state index in [2.05, 4.69) is 15.6 Å². The summed E-state index contributed by atoms with van der Waals surface area (Å²) < 4.78 is 26.2. The average molecular weight is 594 g/mol. The highest BCUT2D eigenvalue weighted by molar-refractivity contribution is 7.90. The van der Waals surface area contributed by atoms with Crippen molar-refractivity contribution >= 4 is 21.7 Å². The number of likely N-dealkylation sites (tertiary alicyclic amines) is 1. The number of nitrogens with zero attached hydrogens (tertiary/aromatic N) is 4. The molecule has 10 nitrogen and oxygen atoms in total. The first-order chi connectivity index (χ1) is 19.7. The second kappa shape index (κ2) is 11.3. The molecular formula is C31H39N5O5S. The quantitative estimate of drug-likeness (QED) is 0.409. The van der Waals surface area contributed by atoms with Gasteiger partial charge in [0.1, 0.15) is 12.1 Å². The van der Waals surface area contributed by atoms with Gasteiger partial charge in [0.05, 0.1) is 22.7 Å². The van der Waals surface area contributed by atoms with Crippen molar-refractivity contribution in [3.63, 3.8) is 0 Å². The molecule has 4 atom stereocenters.